The van der Waals surface area contributed by atoms with Crippen LogP contribution in [0.15, 0.2) is 43.1 Å². The number of hydrogen-bond donors (Lipinski definition) is 2. The van der Waals surface area contributed by atoms with Gasteiger partial charge in [-0.15, -0.1) is 6.58 Å². The molecule has 0 aliphatic carbocycles. The maximum atomic E-state index is 11.8. The lowest BCUT2D eigenvalue weighted by molar-refractivity contribution is 0.00475. The number of ether oxygens (including phenoxy) is 5. The van der Waals surface area contributed by atoms with E-state index in [1.165, 1.54) is 0 Å². The minimum absolute atomic E-state index is 0.165. The van der Waals surface area contributed by atoms with E-state index in [2.05, 4.69) is 27.2 Å². The third kappa shape index (κ3) is 3.99. The van der Waals surface area contributed by atoms with Crippen molar-refractivity contribution in [1.29, 1.82) is 0 Å². The molecule has 4 heterocycles. The number of benzene rings is 1. The number of aromatic nitrogens is 2. The molecular formula is C21H22N4O6. The first-order valence-corrected chi connectivity index (χ1v) is 9.99. The van der Waals surface area contributed by atoms with E-state index in [1.54, 1.807) is 12.3 Å². The largest absolute Gasteiger partial charge is 0.454 e. The number of nitrogens with one attached hydrogen (secondary N) is 2. The quantitative estimate of drug-likeness (QED) is 0.667. The topological polar surface area (TPSA) is 113 Å². The normalized spacial score (nSPS) is 25.7. The van der Waals surface area contributed by atoms with Crippen LogP contribution in [0.4, 0.5) is 10.7 Å². The summed E-state index contributed by atoms with van der Waals surface area (Å²) in [5, 5.41) is 5.87. The van der Waals surface area contributed by atoms with E-state index >= 15 is 0 Å². The Balaban J connectivity index is 1.24. The van der Waals surface area contributed by atoms with Crippen LogP contribution in [0.1, 0.15) is 0 Å². The summed E-state index contributed by atoms with van der Waals surface area (Å²) in [5.41, 5.74) is 1.64. The van der Waals surface area contributed by atoms with Crippen molar-refractivity contribution in [2.45, 2.75) is 24.4 Å². The first kappa shape index (κ1) is 19.6. The summed E-state index contributed by atoms with van der Waals surface area (Å²) in [7, 11) is 0. The average Bonchev–Trinajstić information content (AvgIpc) is 3.50. The Hall–Kier alpha value is -3.37. The summed E-state index contributed by atoms with van der Waals surface area (Å²) in [6.45, 7) is 4.78. The van der Waals surface area contributed by atoms with E-state index in [0.717, 1.165) is 17.0 Å². The smallest absolute Gasteiger partial charge is 0.407 e. The first-order chi connectivity index (χ1) is 15.2. The Kier molecular flexibility index (Phi) is 5.31. The predicted molar refractivity (Wildman–Crippen MR) is 109 cm³/mol. The average molecular weight is 426 g/mol. The lowest BCUT2D eigenvalue weighted by Crippen LogP contribution is -2.39. The van der Waals surface area contributed by atoms with Crippen LogP contribution in [-0.4, -0.2) is 67.0 Å². The van der Waals surface area contributed by atoms with Crippen LogP contribution in [0.2, 0.25) is 0 Å². The second-order valence-corrected chi connectivity index (χ2v) is 7.29. The van der Waals surface area contributed by atoms with Crippen molar-refractivity contribution in [2.75, 3.05) is 31.9 Å². The molecule has 10 heteroatoms. The van der Waals surface area contributed by atoms with E-state index in [9.17, 15) is 4.79 Å². The molecule has 1 amide bonds. The monoisotopic (exact) mass is 426 g/mol. The molecule has 0 bridgehead atoms. The van der Waals surface area contributed by atoms with Crippen molar-refractivity contribution in [1.82, 2.24) is 15.3 Å². The van der Waals surface area contributed by atoms with Crippen molar-refractivity contribution in [3.63, 3.8) is 0 Å². The van der Waals surface area contributed by atoms with Gasteiger partial charge in [0.1, 0.15) is 12.2 Å². The number of carbonyl (C=O) groups excluding carboxylic acids is 1. The van der Waals surface area contributed by atoms with Crippen molar-refractivity contribution < 1.29 is 28.5 Å². The molecule has 2 N–H and O–H groups in total. The third-order valence-corrected chi connectivity index (χ3v) is 5.30. The van der Waals surface area contributed by atoms with Crippen LogP contribution in [0, 0.1) is 0 Å². The zero-order valence-electron chi connectivity index (χ0n) is 16.7. The number of nitrogens with zero attached hydrogens (tertiary/aromatic N) is 2. The maximum absolute atomic E-state index is 11.8. The van der Waals surface area contributed by atoms with E-state index in [1.807, 2.05) is 24.3 Å². The molecule has 10 nitrogen and oxygen atoms in total. The minimum atomic E-state index is -0.520. The minimum Gasteiger partial charge on any atom is -0.454 e. The molecule has 4 atom stereocenters. The fourth-order valence-corrected chi connectivity index (χ4v) is 3.83. The number of rotatable bonds is 6. The number of alkyl carbamates (subject to hydrolysis) is 1. The van der Waals surface area contributed by atoms with E-state index in [0.29, 0.717) is 24.8 Å². The Bertz CT molecular complexity index is 986. The van der Waals surface area contributed by atoms with Gasteiger partial charge in [-0.25, -0.2) is 14.8 Å². The number of carbonyl (C=O) groups is 1. The van der Waals surface area contributed by atoms with Gasteiger partial charge in [0.15, 0.2) is 17.6 Å². The highest BCUT2D eigenvalue weighted by Crippen LogP contribution is 2.35. The molecule has 5 rings (SSSR count). The van der Waals surface area contributed by atoms with Gasteiger partial charge in [0, 0.05) is 18.3 Å². The molecule has 2 saturated heterocycles. The standard InChI is InChI=1S/C21H22N4O6/c1-2-6-23-21(26)31-17-10-28-18-14(9-27-19(17)18)25-20-22-7-5-13(24-20)12-3-4-15-16(8-12)30-11-29-15/h2-5,7-8,14,17-19H,1,6,9-11H2,(H,23,26)(H,22,24,25)/t14-,17-,18-,19+/m0/s1. The fourth-order valence-electron chi connectivity index (χ4n) is 3.83. The van der Waals surface area contributed by atoms with Gasteiger partial charge in [0.25, 0.3) is 0 Å². The van der Waals surface area contributed by atoms with E-state index in [4.69, 9.17) is 23.7 Å². The van der Waals surface area contributed by atoms with Crippen LogP contribution in [0.3, 0.4) is 0 Å². The molecule has 2 aromatic rings. The van der Waals surface area contributed by atoms with Gasteiger partial charge in [-0.2, -0.15) is 0 Å². The van der Waals surface area contributed by atoms with Crippen molar-refractivity contribution in [2.24, 2.45) is 0 Å². The van der Waals surface area contributed by atoms with Crippen molar-refractivity contribution >= 4 is 12.0 Å². The molecule has 2 fully saturated rings. The number of fused-ring (bicyclic) bond motifs is 2. The highest BCUT2D eigenvalue weighted by Gasteiger charge is 2.49. The van der Waals surface area contributed by atoms with E-state index in [-0.39, 0.29) is 31.6 Å². The van der Waals surface area contributed by atoms with Gasteiger partial charge in [0.2, 0.25) is 12.7 Å². The molecule has 31 heavy (non-hydrogen) atoms. The summed E-state index contributed by atoms with van der Waals surface area (Å²) in [6.07, 6.45) is 1.67. The van der Waals surface area contributed by atoms with Crippen LogP contribution < -0.4 is 20.1 Å². The van der Waals surface area contributed by atoms with Crippen LogP contribution >= 0.6 is 0 Å². The Morgan fingerprint density at radius 1 is 1.19 bits per heavy atom. The predicted octanol–water partition coefficient (Wildman–Crippen LogP) is 1.73. The molecule has 1 aromatic heterocycles. The fraction of sp³-hybridized carbons (Fsp3) is 0.381. The lowest BCUT2D eigenvalue weighted by atomic mass is 10.1. The zero-order valence-corrected chi connectivity index (χ0v) is 16.7. The number of hydrogen-bond acceptors (Lipinski definition) is 9. The summed E-state index contributed by atoms with van der Waals surface area (Å²) in [5.74, 6) is 1.87. The lowest BCUT2D eigenvalue weighted by Gasteiger charge is -2.18. The summed E-state index contributed by atoms with van der Waals surface area (Å²) >= 11 is 0. The number of amides is 1. The molecule has 3 aliphatic heterocycles. The van der Waals surface area contributed by atoms with Gasteiger partial charge < -0.3 is 34.3 Å². The maximum Gasteiger partial charge on any atom is 0.407 e. The Morgan fingerprint density at radius 2 is 2.06 bits per heavy atom. The molecular weight excluding hydrogens is 404 g/mol. The van der Waals surface area contributed by atoms with Crippen LogP contribution in [-0.2, 0) is 14.2 Å². The van der Waals surface area contributed by atoms with Gasteiger partial charge in [-0.05, 0) is 24.3 Å². The van der Waals surface area contributed by atoms with E-state index < -0.39 is 12.2 Å². The summed E-state index contributed by atoms with van der Waals surface area (Å²) < 4.78 is 27.9. The highest BCUT2D eigenvalue weighted by atomic mass is 16.7. The van der Waals surface area contributed by atoms with Crippen LogP contribution in [0.25, 0.3) is 11.3 Å². The molecule has 1 aromatic carbocycles. The molecule has 162 valence electrons. The zero-order chi connectivity index (χ0) is 21.2. The molecule has 0 saturated carbocycles. The SMILES string of the molecule is C=CCNC(=O)O[C@H]1CO[C@@H]2[C@@H]1OC[C@@H]2Nc1nccc(-c2ccc3c(c2)OCO3)n1. The second kappa shape index (κ2) is 8.40. The van der Waals surface area contributed by atoms with Gasteiger partial charge >= 0.3 is 6.09 Å². The Labute approximate surface area is 178 Å². The second-order valence-electron chi connectivity index (χ2n) is 7.29. The molecule has 0 unspecified atom stereocenters. The Morgan fingerprint density at radius 3 is 2.97 bits per heavy atom. The van der Waals surface area contributed by atoms with Gasteiger partial charge in [-0.3, -0.25) is 0 Å². The third-order valence-electron chi connectivity index (χ3n) is 5.30. The summed E-state index contributed by atoms with van der Waals surface area (Å²) in [4.78, 5) is 20.8. The first-order valence-electron chi connectivity index (χ1n) is 9.99. The molecule has 0 spiro atoms. The number of anilines is 1. The molecule has 3 aliphatic rings. The highest BCUT2D eigenvalue weighted by molar-refractivity contribution is 5.67. The molecule has 0 radical (unpaired) electrons. The van der Waals surface area contributed by atoms with Crippen molar-refractivity contribution in [3.8, 4) is 22.8 Å². The van der Waals surface area contributed by atoms with Crippen LogP contribution in [0.5, 0.6) is 11.5 Å². The van der Waals surface area contributed by atoms with Gasteiger partial charge in [0.05, 0.1) is 24.9 Å². The summed E-state index contributed by atoms with van der Waals surface area (Å²) in [6, 6.07) is 7.34. The van der Waals surface area contributed by atoms with Crippen molar-refractivity contribution in [3.05, 3.63) is 43.1 Å². The van der Waals surface area contributed by atoms with Gasteiger partial charge in [-0.1, -0.05) is 6.08 Å².